The van der Waals surface area contributed by atoms with Crippen LogP contribution in [-0.2, 0) is 17.9 Å². The number of amides is 1. The molecule has 1 fully saturated rings. The topological polar surface area (TPSA) is 118 Å². The van der Waals surface area contributed by atoms with Crippen molar-refractivity contribution >= 4 is 50.5 Å². The molecule has 43 heavy (non-hydrogen) atoms. The van der Waals surface area contributed by atoms with Gasteiger partial charge in [-0.2, -0.15) is 9.47 Å². The summed E-state index contributed by atoms with van der Waals surface area (Å²) in [6.07, 6.45) is 11.6. The molecule has 0 saturated carbocycles. The SMILES string of the molecule is Cc1cn2c(-c3cnn(CC(=O)Nc4cnc5ccccc5c4)c3)cnc2c(Nc2cc(CN3CCCC(C)C3)ns2)n1. The minimum absolute atomic E-state index is 0.0704. The van der Waals surface area contributed by atoms with Crippen molar-refractivity contribution < 1.29 is 4.79 Å². The van der Waals surface area contributed by atoms with E-state index in [0.717, 1.165) is 64.1 Å². The summed E-state index contributed by atoms with van der Waals surface area (Å²) in [5.74, 6) is 1.22. The molecule has 12 heteroatoms. The molecule has 218 valence electrons. The second-order valence-electron chi connectivity index (χ2n) is 11.2. The fraction of sp³-hybridized carbons (Fsp3) is 0.290. The standard InChI is InChI=1S/C31H32N10OS/c1-20-6-5-9-39(15-20)18-25-11-29(43-38-25)37-30-31-33-14-27(41(31)16-21(2)35-30)23-12-34-40(17-23)19-28(42)36-24-10-22-7-3-4-8-26(22)32-13-24/h3-4,7-8,10-14,16-17,20H,5-6,9,15,18-19H2,1-2H3,(H,35,37)(H,36,42). The van der Waals surface area contributed by atoms with Crippen LogP contribution in [0, 0.1) is 12.8 Å². The highest BCUT2D eigenvalue weighted by Crippen LogP contribution is 2.28. The molecule has 0 spiro atoms. The number of nitrogens with one attached hydrogen (secondary N) is 2. The van der Waals surface area contributed by atoms with Crippen LogP contribution >= 0.6 is 11.5 Å². The number of pyridine rings is 1. The summed E-state index contributed by atoms with van der Waals surface area (Å²) in [6, 6.07) is 11.8. The predicted octanol–water partition coefficient (Wildman–Crippen LogP) is 5.52. The number of carbonyl (C=O) groups excluding carboxylic acids is 1. The number of piperidine rings is 1. The molecule has 0 bridgehead atoms. The van der Waals surface area contributed by atoms with Crippen LogP contribution in [0.5, 0.6) is 0 Å². The van der Waals surface area contributed by atoms with Gasteiger partial charge in [-0.25, -0.2) is 9.97 Å². The molecule has 1 aliphatic rings. The van der Waals surface area contributed by atoms with Gasteiger partial charge in [0.1, 0.15) is 11.5 Å². The number of carbonyl (C=O) groups is 1. The van der Waals surface area contributed by atoms with Gasteiger partial charge in [0.25, 0.3) is 0 Å². The Morgan fingerprint density at radius 1 is 1.12 bits per heavy atom. The molecule has 1 atom stereocenters. The van der Waals surface area contributed by atoms with Crippen molar-refractivity contribution in [3.63, 3.8) is 0 Å². The maximum atomic E-state index is 12.8. The molecule has 2 N–H and O–H groups in total. The number of hydrogen-bond donors (Lipinski definition) is 2. The molecular weight excluding hydrogens is 560 g/mol. The lowest BCUT2D eigenvalue weighted by Crippen LogP contribution is -2.33. The number of nitrogens with zero attached hydrogens (tertiary/aromatic N) is 8. The number of hydrogen-bond acceptors (Lipinski definition) is 9. The summed E-state index contributed by atoms with van der Waals surface area (Å²) >= 11 is 1.44. The van der Waals surface area contributed by atoms with E-state index in [1.807, 2.05) is 54.0 Å². The Morgan fingerprint density at radius 3 is 2.93 bits per heavy atom. The van der Waals surface area contributed by atoms with Crippen LogP contribution < -0.4 is 10.6 Å². The number of fused-ring (bicyclic) bond motifs is 2. The fourth-order valence-corrected chi connectivity index (χ4v) is 6.35. The first-order chi connectivity index (χ1) is 21.0. The molecular formula is C31H32N10OS. The van der Waals surface area contributed by atoms with Gasteiger partial charge >= 0.3 is 0 Å². The second kappa shape index (κ2) is 11.5. The maximum absolute atomic E-state index is 12.8. The summed E-state index contributed by atoms with van der Waals surface area (Å²) < 4.78 is 8.31. The van der Waals surface area contributed by atoms with Crippen molar-refractivity contribution in [3.8, 4) is 11.3 Å². The number of aryl methyl sites for hydroxylation is 1. The van der Waals surface area contributed by atoms with Gasteiger partial charge in [-0.15, -0.1) is 0 Å². The first-order valence-corrected chi connectivity index (χ1v) is 15.2. The summed E-state index contributed by atoms with van der Waals surface area (Å²) in [6.45, 7) is 7.47. The highest BCUT2D eigenvalue weighted by atomic mass is 32.1. The van der Waals surface area contributed by atoms with Crippen LogP contribution in [0.2, 0.25) is 0 Å². The Labute approximate surface area is 252 Å². The third-order valence-electron chi connectivity index (χ3n) is 7.65. The summed E-state index contributed by atoms with van der Waals surface area (Å²) in [4.78, 5) is 29.1. The van der Waals surface area contributed by atoms with E-state index in [9.17, 15) is 4.79 Å². The van der Waals surface area contributed by atoms with E-state index in [1.54, 1.807) is 23.3 Å². The van der Waals surface area contributed by atoms with Crippen LogP contribution in [-0.4, -0.2) is 57.4 Å². The van der Waals surface area contributed by atoms with E-state index in [2.05, 4.69) is 48.0 Å². The Kier molecular flexibility index (Phi) is 7.29. The van der Waals surface area contributed by atoms with Crippen LogP contribution in [0.1, 0.15) is 31.2 Å². The molecule has 1 saturated heterocycles. The molecule has 0 aliphatic carbocycles. The number of imidazole rings is 1. The minimum atomic E-state index is -0.185. The first-order valence-electron chi connectivity index (χ1n) is 14.4. The molecule has 6 heterocycles. The third-order valence-corrected chi connectivity index (χ3v) is 8.39. The van der Waals surface area contributed by atoms with Crippen LogP contribution in [0.15, 0.2) is 67.4 Å². The Bertz CT molecular complexity index is 1920. The molecule has 1 amide bonds. The van der Waals surface area contributed by atoms with Gasteiger partial charge in [-0.3, -0.25) is 23.8 Å². The van der Waals surface area contributed by atoms with Gasteiger partial charge < -0.3 is 10.6 Å². The zero-order valence-electron chi connectivity index (χ0n) is 24.1. The van der Waals surface area contributed by atoms with Crippen molar-refractivity contribution in [3.05, 3.63) is 78.8 Å². The smallest absolute Gasteiger partial charge is 0.246 e. The third kappa shape index (κ3) is 5.97. The fourth-order valence-electron chi connectivity index (χ4n) is 5.70. The van der Waals surface area contributed by atoms with E-state index in [4.69, 9.17) is 4.98 Å². The van der Waals surface area contributed by atoms with Gasteiger partial charge in [0, 0.05) is 36.4 Å². The lowest BCUT2D eigenvalue weighted by molar-refractivity contribution is -0.116. The van der Waals surface area contributed by atoms with Crippen molar-refractivity contribution in [2.75, 3.05) is 23.7 Å². The van der Waals surface area contributed by atoms with E-state index in [1.165, 1.54) is 24.4 Å². The Balaban J connectivity index is 1.05. The molecule has 7 rings (SSSR count). The summed E-state index contributed by atoms with van der Waals surface area (Å²) in [5.41, 5.74) is 5.86. The van der Waals surface area contributed by atoms with Crippen LogP contribution in [0.25, 0.3) is 27.8 Å². The van der Waals surface area contributed by atoms with Crippen molar-refractivity contribution in [2.24, 2.45) is 5.92 Å². The van der Waals surface area contributed by atoms with Crippen LogP contribution in [0.3, 0.4) is 0 Å². The van der Waals surface area contributed by atoms with Crippen molar-refractivity contribution in [1.82, 2.24) is 38.4 Å². The molecule has 11 nitrogen and oxygen atoms in total. The molecule has 1 aliphatic heterocycles. The van der Waals surface area contributed by atoms with Gasteiger partial charge in [0.15, 0.2) is 11.5 Å². The molecule has 5 aromatic heterocycles. The van der Waals surface area contributed by atoms with E-state index in [0.29, 0.717) is 17.2 Å². The summed E-state index contributed by atoms with van der Waals surface area (Å²) in [5, 5.41) is 12.7. The average Bonchev–Trinajstić information content (AvgIpc) is 3.73. The summed E-state index contributed by atoms with van der Waals surface area (Å²) in [7, 11) is 0. The average molecular weight is 593 g/mol. The van der Waals surface area contributed by atoms with Crippen molar-refractivity contribution in [2.45, 2.75) is 39.8 Å². The number of aromatic nitrogens is 7. The Morgan fingerprint density at radius 2 is 2.02 bits per heavy atom. The number of rotatable bonds is 8. The minimum Gasteiger partial charge on any atom is -0.328 e. The van der Waals surface area contributed by atoms with Gasteiger partial charge in [-0.05, 0) is 62.0 Å². The van der Waals surface area contributed by atoms with E-state index < -0.39 is 0 Å². The van der Waals surface area contributed by atoms with Gasteiger partial charge in [0.05, 0.1) is 46.9 Å². The second-order valence-corrected chi connectivity index (χ2v) is 12.1. The molecule has 6 aromatic rings. The number of benzene rings is 1. The lowest BCUT2D eigenvalue weighted by Gasteiger charge is -2.30. The van der Waals surface area contributed by atoms with Crippen LogP contribution in [0.4, 0.5) is 16.5 Å². The highest BCUT2D eigenvalue weighted by Gasteiger charge is 2.19. The van der Waals surface area contributed by atoms with Gasteiger partial charge in [0.2, 0.25) is 5.91 Å². The zero-order chi connectivity index (χ0) is 29.3. The quantitative estimate of drug-likeness (QED) is 0.237. The van der Waals surface area contributed by atoms with Crippen molar-refractivity contribution in [1.29, 1.82) is 0 Å². The number of likely N-dealkylation sites (tertiary alicyclic amines) is 1. The molecule has 1 aromatic carbocycles. The van der Waals surface area contributed by atoms with E-state index >= 15 is 0 Å². The van der Waals surface area contributed by atoms with E-state index in [-0.39, 0.29) is 12.5 Å². The number of anilines is 3. The maximum Gasteiger partial charge on any atom is 0.246 e. The predicted molar refractivity (Wildman–Crippen MR) is 168 cm³/mol. The normalized spacial score (nSPS) is 15.7. The molecule has 0 radical (unpaired) electrons. The monoisotopic (exact) mass is 592 g/mol. The molecule has 1 unspecified atom stereocenters. The lowest BCUT2D eigenvalue weighted by atomic mass is 10.0. The first kappa shape index (κ1) is 27.2. The number of para-hydroxylation sites is 1. The largest absolute Gasteiger partial charge is 0.328 e. The zero-order valence-corrected chi connectivity index (χ0v) is 24.9. The highest BCUT2D eigenvalue weighted by molar-refractivity contribution is 7.10. The van der Waals surface area contributed by atoms with Gasteiger partial charge in [-0.1, -0.05) is 25.1 Å². The Hall–Kier alpha value is -4.68.